The summed E-state index contributed by atoms with van der Waals surface area (Å²) < 4.78 is 5.72. The number of hydrogen-bond acceptors (Lipinski definition) is 4. The lowest BCUT2D eigenvalue weighted by molar-refractivity contribution is -0.123. The number of aromatic carboxylic acids is 1. The van der Waals surface area contributed by atoms with Crippen LogP contribution in [0, 0.1) is 0 Å². The van der Waals surface area contributed by atoms with Crippen molar-refractivity contribution in [1.29, 1.82) is 0 Å². The van der Waals surface area contributed by atoms with Gasteiger partial charge in [-0.05, 0) is 59.2 Å². The van der Waals surface area contributed by atoms with Crippen molar-refractivity contribution < 1.29 is 24.2 Å². The van der Waals surface area contributed by atoms with Crippen molar-refractivity contribution in [2.24, 2.45) is 0 Å². The fraction of sp³-hybridized carbons (Fsp3) is 0.0800. The van der Waals surface area contributed by atoms with Crippen molar-refractivity contribution in [2.75, 3.05) is 0 Å². The predicted molar refractivity (Wildman–Crippen MR) is 123 cm³/mol. The fourth-order valence-corrected chi connectivity index (χ4v) is 3.35. The molecule has 166 valence electrons. The zero-order valence-corrected chi connectivity index (χ0v) is 18.1. The summed E-state index contributed by atoms with van der Waals surface area (Å²) in [5, 5.41) is 12.1. The largest absolute Gasteiger partial charge is 0.489 e. The minimum Gasteiger partial charge on any atom is -0.489 e. The Morgan fingerprint density at radius 3 is 2.21 bits per heavy atom. The number of carboxylic acid groups (broad SMARTS) is 1. The van der Waals surface area contributed by atoms with Gasteiger partial charge in [0.05, 0.1) is 12.1 Å². The molecule has 1 aliphatic heterocycles. The van der Waals surface area contributed by atoms with Crippen LogP contribution in [0.1, 0.15) is 27.0 Å². The van der Waals surface area contributed by atoms with Crippen molar-refractivity contribution in [2.45, 2.75) is 13.2 Å². The third-order valence-corrected chi connectivity index (χ3v) is 5.27. The van der Waals surface area contributed by atoms with E-state index < -0.39 is 17.9 Å². The van der Waals surface area contributed by atoms with Crippen LogP contribution < -0.4 is 10.1 Å². The van der Waals surface area contributed by atoms with Crippen LogP contribution in [-0.4, -0.2) is 27.9 Å². The lowest BCUT2D eigenvalue weighted by Gasteiger charge is -2.11. The molecular formula is C25H19ClN2O5. The molecule has 1 heterocycles. The normalized spacial score (nSPS) is 14.5. The number of imide groups is 1. The molecule has 7 nitrogen and oxygen atoms in total. The molecule has 0 aliphatic carbocycles. The summed E-state index contributed by atoms with van der Waals surface area (Å²) in [4.78, 5) is 37.0. The van der Waals surface area contributed by atoms with E-state index in [0.29, 0.717) is 10.8 Å². The molecule has 0 spiro atoms. The van der Waals surface area contributed by atoms with Crippen molar-refractivity contribution >= 4 is 35.6 Å². The monoisotopic (exact) mass is 462 g/mol. The van der Waals surface area contributed by atoms with Crippen LogP contribution in [0.25, 0.3) is 6.08 Å². The van der Waals surface area contributed by atoms with Gasteiger partial charge in [0.2, 0.25) is 0 Å². The van der Waals surface area contributed by atoms with Gasteiger partial charge in [-0.15, -0.1) is 0 Å². The van der Waals surface area contributed by atoms with Crippen molar-refractivity contribution in [3.63, 3.8) is 0 Å². The Kier molecular flexibility index (Phi) is 6.42. The highest BCUT2D eigenvalue weighted by Gasteiger charge is 2.33. The molecule has 4 rings (SSSR count). The molecule has 0 bridgehead atoms. The predicted octanol–water partition coefficient (Wildman–Crippen LogP) is 4.71. The zero-order chi connectivity index (χ0) is 23.4. The van der Waals surface area contributed by atoms with Crippen molar-refractivity contribution in [1.82, 2.24) is 10.2 Å². The minimum absolute atomic E-state index is 0.152. The first-order valence-electron chi connectivity index (χ1n) is 10.0. The highest BCUT2D eigenvalue weighted by atomic mass is 35.5. The number of carbonyl (C=O) groups is 3. The van der Waals surface area contributed by atoms with Gasteiger partial charge in [-0.25, -0.2) is 9.59 Å². The lowest BCUT2D eigenvalue weighted by Crippen LogP contribution is -2.30. The summed E-state index contributed by atoms with van der Waals surface area (Å²) in [6.45, 7) is 0.438. The van der Waals surface area contributed by atoms with Gasteiger partial charge in [0.15, 0.2) is 0 Å². The zero-order valence-electron chi connectivity index (χ0n) is 17.3. The molecule has 1 saturated heterocycles. The molecule has 3 aromatic rings. The second kappa shape index (κ2) is 9.58. The Labute approximate surface area is 194 Å². The number of benzene rings is 3. The van der Waals surface area contributed by atoms with Gasteiger partial charge in [-0.2, -0.15) is 0 Å². The van der Waals surface area contributed by atoms with Gasteiger partial charge in [0.1, 0.15) is 18.1 Å². The van der Waals surface area contributed by atoms with E-state index in [1.165, 1.54) is 12.1 Å². The summed E-state index contributed by atoms with van der Waals surface area (Å²) in [7, 11) is 0. The molecule has 33 heavy (non-hydrogen) atoms. The third kappa shape index (κ3) is 5.39. The fourth-order valence-electron chi connectivity index (χ4n) is 3.22. The molecule has 0 aromatic heterocycles. The quantitative estimate of drug-likeness (QED) is 0.391. The van der Waals surface area contributed by atoms with Crippen LogP contribution in [0.4, 0.5) is 4.79 Å². The van der Waals surface area contributed by atoms with E-state index in [-0.39, 0.29) is 24.4 Å². The number of nitrogens with zero attached hydrogens (tertiary/aromatic N) is 1. The molecule has 2 N–H and O–H groups in total. The van der Waals surface area contributed by atoms with E-state index in [2.05, 4.69) is 5.32 Å². The molecule has 1 fully saturated rings. The molecule has 3 aromatic carbocycles. The third-order valence-electron chi connectivity index (χ3n) is 5.01. The van der Waals surface area contributed by atoms with Gasteiger partial charge in [-0.3, -0.25) is 9.69 Å². The minimum atomic E-state index is -0.975. The molecular weight excluding hydrogens is 444 g/mol. The highest BCUT2D eigenvalue weighted by molar-refractivity contribution is 6.30. The van der Waals surface area contributed by atoms with Crippen LogP contribution in [0.5, 0.6) is 5.75 Å². The van der Waals surface area contributed by atoms with Crippen LogP contribution in [-0.2, 0) is 17.9 Å². The molecule has 0 saturated carbocycles. The summed E-state index contributed by atoms with van der Waals surface area (Å²) in [6, 6.07) is 20.0. The van der Waals surface area contributed by atoms with Gasteiger partial charge >= 0.3 is 12.0 Å². The number of ether oxygens (including phenoxy) is 1. The topological polar surface area (TPSA) is 95.9 Å². The number of hydrogen-bond donors (Lipinski definition) is 2. The molecule has 1 aliphatic rings. The number of urea groups is 1. The average Bonchev–Trinajstić information content (AvgIpc) is 3.07. The van der Waals surface area contributed by atoms with Gasteiger partial charge in [0, 0.05) is 5.02 Å². The maximum absolute atomic E-state index is 12.7. The first-order valence-corrected chi connectivity index (χ1v) is 10.4. The Morgan fingerprint density at radius 2 is 1.58 bits per heavy atom. The van der Waals surface area contributed by atoms with Crippen LogP contribution in [0.2, 0.25) is 5.02 Å². The number of carboxylic acids is 1. The maximum Gasteiger partial charge on any atom is 0.335 e. The lowest BCUT2D eigenvalue weighted by atomic mass is 10.1. The number of carbonyl (C=O) groups excluding carboxylic acids is 2. The van der Waals surface area contributed by atoms with Crippen molar-refractivity contribution in [3.8, 4) is 5.75 Å². The van der Waals surface area contributed by atoms with E-state index in [1.54, 1.807) is 66.7 Å². The first kappa shape index (κ1) is 22.1. The van der Waals surface area contributed by atoms with Gasteiger partial charge in [0.25, 0.3) is 5.91 Å². The molecule has 0 unspecified atom stereocenters. The number of nitrogens with one attached hydrogen (secondary N) is 1. The summed E-state index contributed by atoms with van der Waals surface area (Å²) >= 11 is 5.88. The smallest absolute Gasteiger partial charge is 0.335 e. The Bertz CT molecular complexity index is 1220. The number of amides is 3. The van der Waals surface area contributed by atoms with Crippen molar-refractivity contribution in [3.05, 3.63) is 106 Å². The van der Waals surface area contributed by atoms with E-state index in [1.807, 2.05) is 0 Å². The Morgan fingerprint density at radius 1 is 0.939 bits per heavy atom. The highest BCUT2D eigenvalue weighted by Crippen LogP contribution is 2.20. The van der Waals surface area contributed by atoms with E-state index in [0.717, 1.165) is 21.6 Å². The van der Waals surface area contributed by atoms with E-state index in [4.69, 9.17) is 21.4 Å². The molecule has 8 heteroatoms. The summed E-state index contributed by atoms with van der Waals surface area (Å²) in [6.07, 6.45) is 1.61. The molecule has 3 amide bonds. The van der Waals surface area contributed by atoms with Crippen LogP contribution >= 0.6 is 11.6 Å². The van der Waals surface area contributed by atoms with Gasteiger partial charge < -0.3 is 15.2 Å². The molecule has 0 radical (unpaired) electrons. The van der Waals surface area contributed by atoms with Crippen LogP contribution in [0.3, 0.4) is 0 Å². The van der Waals surface area contributed by atoms with Gasteiger partial charge in [-0.1, -0.05) is 48.0 Å². The van der Waals surface area contributed by atoms with Crippen LogP contribution in [0.15, 0.2) is 78.5 Å². The second-order valence-electron chi connectivity index (χ2n) is 7.37. The average molecular weight is 463 g/mol. The second-order valence-corrected chi connectivity index (χ2v) is 7.80. The first-order chi connectivity index (χ1) is 15.9. The van der Waals surface area contributed by atoms with E-state index >= 15 is 0 Å². The van der Waals surface area contributed by atoms with E-state index in [9.17, 15) is 14.4 Å². The SMILES string of the molecule is O=C(O)c1ccc(COc2ccc(/C=C3/NC(=O)N(Cc4ccc(Cl)cc4)C3=O)cc2)cc1. The Hall–Kier alpha value is -4.10. The maximum atomic E-state index is 12.7. The number of rotatable bonds is 7. The number of halogens is 1. The summed E-state index contributed by atoms with van der Waals surface area (Å²) in [5.41, 5.74) is 2.78. The standard InChI is InChI=1S/C25H19ClN2O5/c26-20-9-3-17(4-10-20)14-28-23(29)22(27-25(28)32)13-16-5-11-21(12-6-16)33-15-18-1-7-19(8-2-18)24(30)31/h1-13H,14-15H2,(H,27,32)(H,30,31)/b22-13+. The summed E-state index contributed by atoms with van der Waals surface area (Å²) in [5.74, 6) is -0.761. The Balaban J connectivity index is 1.37. The molecule has 0 atom stereocenters.